The SMILES string of the molecule is COC(=O)CCCc1ccc(C(=O)CCCC(F)(C(F)(F)F)C(F)(F)F)s1. The predicted molar refractivity (Wildman–Crippen MR) is 83.4 cm³/mol. The van der Waals surface area contributed by atoms with Gasteiger partial charge >= 0.3 is 18.3 Å². The molecule has 154 valence electrons. The van der Waals surface area contributed by atoms with Crippen molar-refractivity contribution in [2.24, 2.45) is 0 Å². The molecular weight excluding hydrogens is 405 g/mol. The van der Waals surface area contributed by atoms with Crippen LogP contribution in [0.3, 0.4) is 0 Å². The van der Waals surface area contributed by atoms with Crippen LogP contribution in [0.2, 0.25) is 0 Å². The van der Waals surface area contributed by atoms with E-state index in [1.807, 2.05) is 0 Å². The third-order valence-electron chi connectivity index (χ3n) is 3.79. The minimum absolute atomic E-state index is 0.159. The standard InChI is InChI=1S/C16H17F7O3S/c1-26-13(25)6-2-4-10-7-8-12(27-10)11(24)5-3-9-14(17,15(18,19)20)16(21,22)23/h7-8H,2-6,9H2,1H3. The number of thiophene rings is 1. The van der Waals surface area contributed by atoms with Crippen LogP contribution >= 0.6 is 11.3 Å². The van der Waals surface area contributed by atoms with Gasteiger partial charge in [-0.05, 0) is 31.4 Å². The van der Waals surface area contributed by atoms with E-state index in [0.29, 0.717) is 12.8 Å². The van der Waals surface area contributed by atoms with Crippen LogP contribution in [0.1, 0.15) is 46.7 Å². The van der Waals surface area contributed by atoms with E-state index in [-0.39, 0.29) is 11.3 Å². The van der Waals surface area contributed by atoms with E-state index in [1.54, 1.807) is 6.07 Å². The van der Waals surface area contributed by atoms with Crippen molar-refractivity contribution in [1.29, 1.82) is 0 Å². The largest absolute Gasteiger partial charge is 0.469 e. The Hall–Kier alpha value is -1.65. The normalized spacial score (nSPS) is 12.9. The smallest absolute Gasteiger partial charge is 0.431 e. The monoisotopic (exact) mass is 422 g/mol. The quantitative estimate of drug-likeness (QED) is 0.303. The van der Waals surface area contributed by atoms with Crippen LogP contribution in [0.15, 0.2) is 12.1 Å². The Morgan fingerprint density at radius 3 is 2.07 bits per heavy atom. The molecule has 1 aromatic heterocycles. The molecule has 1 rings (SSSR count). The number of halogens is 7. The van der Waals surface area contributed by atoms with Gasteiger partial charge in [-0.1, -0.05) is 0 Å². The van der Waals surface area contributed by atoms with Crippen LogP contribution in [0.25, 0.3) is 0 Å². The maximum Gasteiger partial charge on any atom is 0.431 e. The van der Waals surface area contributed by atoms with E-state index < -0.39 is 49.0 Å². The molecule has 0 amide bonds. The van der Waals surface area contributed by atoms with Gasteiger partial charge in [0.1, 0.15) is 0 Å². The molecule has 11 heteroatoms. The molecular formula is C16H17F7O3S. The molecule has 0 saturated heterocycles. The number of ether oxygens (including phenoxy) is 1. The molecule has 0 saturated carbocycles. The molecule has 0 aliphatic carbocycles. The van der Waals surface area contributed by atoms with Gasteiger partial charge in [0.25, 0.3) is 5.67 Å². The molecule has 0 aliphatic heterocycles. The molecule has 0 bridgehead atoms. The summed E-state index contributed by atoms with van der Waals surface area (Å²) in [6, 6.07) is 2.98. The van der Waals surface area contributed by atoms with Crippen LogP contribution in [0, 0.1) is 0 Å². The second kappa shape index (κ2) is 9.03. The lowest BCUT2D eigenvalue weighted by Gasteiger charge is -2.29. The Morgan fingerprint density at radius 2 is 1.56 bits per heavy atom. The Morgan fingerprint density at radius 1 is 0.963 bits per heavy atom. The summed E-state index contributed by atoms with van der Waals surface area (Å²) in [7, 11) is 1.24. The summed E-state index contributed by atoms with van der Waals surface area (Å²) in [5.74, 6) is -1.06. The predicted octanol–water partition coefficient (Wildman–Crippen LogP) is 5.43. The maximum absolute atomic E-state index is 13.5. The number of ketones is 1. The van der Waals surface area contributed by atoms with Crippen LogP contribution in [-0.2, 0) is 16.0 Å². The van der Waals surface area contributed by atoms with Gasteiger partial charge in [0.15, 0.2) is 5.78 Å². The van der Waals surface area contributed by atoms with Crippen molar-refractivity contribution in [3.63, 3.8) is 0 Å². The summed E-state index contributed by atoms with van der Waals surface area (Å²) < 4.78 is 92.6. The molecule has 0 aliphatic rings. The number of aryl methyl sites for hydroxylation is 1. The van der Waals surface area contributed by atoms with Gasteiger partial charge in [-0.25, -0.2) is 4.39 Å². The number of rotatable bonds is 9. The van der Waals surface area contributed by atoms with Crippen molar-refractivity contribution in [1.82, 2.24) is 0 Å². The number of alkyl halides is 7. The fourth-order valence-electron chi connectivity index (χ4n) is 2.23. The fraction of sp³-hybridized carbons (Fsp3) is 0.625. The summed E-state index contributed by atoms with van der Waals surface area (Å²) >= 11 is 1.03. The molecule has 0 N–H and O–H groups in total. The fourth-order valence-corrected chi connectivity index (χ4v) is 3.25. The highest BCUT2D eigenvalue weighted by atomic mass is 32.1. The van der Waals surface area contributed by atoms with Crippen LogP contribution in [0.4, 0.5) is 30.7 Å². The average molecular weight is 422 g/mol. The third-order valence-corrected chi connectivity index (χ3v) is 4.98. The van der Waals surface area contributed by atoms with Gasteiger partial charge in [-0.3, -0.25) is 9.59 Å². The molecule has 0 atom stereocenters. The molecule has 0 spiro atoms. The van der Waals surface area contributed by atoms with Gasteiger partial charge < -0.3 is 4.74 Å². The average Bonchev–Trinajstić information content (AvgIpc) is 3.01. The zero-order valence-electron chi connectivity index (χ0n) is 14.2. The summed E-state index contributed by atoms with van der Waals surface area (Å²) in [5, 5.41) is 0. The first-order valence-electron chi connectivity index (χ1n) is 7.83. The molecule has 1 aromatic rings. The first-order valence-corrected chi connectivity index (χ1v) is 8.64. The number of methoxy groups -OCH3 is 1. The lowest BCUT2D eigenvalue weighted by Crippen LogP contribution is -2.53. The Kier molecular flexibility index (Phi) is 7.82. The lowest BCUT2D eigenvalue weighted by atomic mass is 9.96. The van der Waals surface area contributed by atoms with Crippen LogP contribution in [0.5, 0.6) is 0 Å². The van der Waals surface area contributed by atoms with Crippen LogP contribution < -0.4 is 0 Å². The van der Waals surface area contributed by atoms with Crippen molar-refractivity contribution < 1.29 is 45.1 Å². The number of esters is 1. The number of carbonyl (C=O) groups is 2. The second-order valence-corrected chi connectivity index (χ2v) is 6.94. The van der Waals surface area contributed by atoms with Gasteiger partial charge in [-0.2, -0.15) is 26.3 Å². The van der Waals surface area contributed by atoms with E-state index in [4.69, 9.17) is 0 Å². The topological polar surface area (TPSA) is 43.4 Å². The Balaban J connectivity index is 2.59. The maximum atomic E-state index is 13.5. The molecule has 0 aromatic carbocycles. The van der Waals surface area contributed by atoms with Gasteiger partial charge in [0.05, 0.1) is 12.0 Å². The second-order valence-electron chi connectivity index (χ2n) is 5.77. The van der Waals surface area contributed by atoms with Crippen molar-refractivity contribution in [2.45, 2.75) is 56.5 Å². The first-order chi connectivity index (χ1) is 12.3. The molecule has 0 radical (unpaired) electrons. The van der Waals surface area contributed by atoms with E-state index in [9.17, 15) is 40.3 Å². The summed E-state index contributed by atoms with van der Waals surface area (Å²) in [6.45, 7) is 0. The van der Waals surface area contributed by atoms with Gasteiger partial charge in [0.2, 0.25) is 0 Å². The van der Waals surface area contributed by atoms with E-state index in [0.717, 1.165) is 16.2 Å². The number of hydrogen-bond donors (Lipinski definition) is 0. The highest BCUT2D eigenvalue weighted by molar-refractivity contribution is 7.14. The minimum Gasteiger partial charge on any atom is -0.469 e. The van der Waals surface area contributed by atoms with Crippen molar-refractivity contribution >= 4 is 23.1 Å². The first kappa shape index (κ1) is 23.4. The zero-order valence-corrected chi connectivity index (χ0v) is 15.0. The number of carbonyl (C=O) groups excluding carboxylic acids is 2. The van der Waals surface area contributed by atoms with Crippen molar-refractivity contribution in [2.75, 3.05) is 7.11 Å². The number of hydrogen-bond acceptors (Lipinski definition) is 4. The van der Waals surface area contributed by atoms with Crippen molar-refractivity contribution in [3.8, 4) is 0 Å². The zero-order chi connectivity index (χ0) is 20.9. The van der Waals surface area contributed by atoms with Crippen molar-refractivity contribution in [3.05, 3.63) is 21.9 Å². The van der Waals surface area contributed by atoms with Crippen LogP contribution in [-0.4, -0.2) is 36.9 Å². The summed E-state index contributed by atoms with van der Waals surface area (Å²) in [5.41, 5.74) is -5.34. The summed E-state index contributed by atoms with van der Waals surface area (Å²) in [4.78, 5) is 23.8. The lowest BCUT2D eigenvalue weighted by molar-refractivity contribution is -0.343. The van der Waals surface area contributed by atoms with E-state index in [1.165, 1.54) is 13.2 Å². The minimum atomic E-state index is -6.11. The molecule has 0 fully saturated rings. The molecule has 3 nitrogen and oxygen atoms in total. The number of Topliss-reactive ketones (excluding diaryl/α,β-unsaturated/α-hetero) is 1. The molecule has 0 unspecified atom stereocenters. The van der Waals surface area contributed by atoms with Gasteiger partial charge in [-0.15, -0.1) is 11.3 Å². The summed E-state index contributed by atoms with van der Waals surface area (Å²) in [6.07, 6.45) is -14.5. The Labute approximate surface area is 154 Å². The highest BCUT2D eigenvalue weighted by Gasteiger charge is 2.71. The third kappa shape index (κ3) is 6.18. The van der Waals surface area contributed by atoms with Gasteiger partial charge in [0, 0.05) is 24.1 Å². The molecule has 27 heavy (non-hydrogen) atoms. The van der Waals surface area contributed by atoms with E-state index in [2.05, 4.69) is 4.74 Å². The van der Waals surface area contributed by atoms with E-state index >= 15 is 0 Å². The highest BCUT2D eigenvalue weighted by Crippen LogP contribution is 2.49. The molecule has 1 heterocycles. The Bertz CT molecular complexity index is 635.